The van der Waals surface area contributed by atoms with Crippen molar-refractivity contribution in [3.63, 3.8) is 0 Å². The molecule has 0 fully saturated rings. The zero-order valence-corrected chi connectivity index (χ0v) is 15.2. The predicted octanol–water partition coefficient (Wildman–Crippen LogP) is 4.63. The van der Waals surface area contributed by atoms with E-state index in [4.69, 9.17) is 4.74 Å². The first-order valence-corrected chi connectivity index (χ1v) is 8.80. The number of nitro benzene ring substituents is 1. The molecule has 5 nitrogen and oxygen atoms in total. The van der Waals surface area contributed by atoms with Gasteiger partial charge in [0, 0.05) is 12.1 Å². The smallest absolute Gasteiger partial charge is 0.325 e. The minimum atomic E-state index is -1.02. The number of esters is 1. The van der Waals surface area contributed by atoms with Crippen molar-refractivity contribution in [2.75, 3.05) is 7.11 Å². The number of nitrogens with zero attached hydrogens (tertiary/aromatic N) is 1. The summed E-state index contributed by atoms with van der Waals surface area (Å²) in [7, 11) is 1.38. The molecule has 0 saturated carbocycles. The van der Waals surface area contributed by atoms with Crippen molar-refractivity contribution in [2.45, 2.75) is 5.41 Å². The molecular weight excluding hydrogens is 354 g/mol. The fourth-order valence-corrected chi connectivity index (χ4v) is 3.81. The molecule has 1 aliphatic rings. The molecule has 0 amide bonds. The van der Waals surface area contributed by atoms with Crippen molar-refractivity contribution in [2.24, 2.45) is 0 Å². The van der Waals surface area contributed by atoms with E-state index >= 15 is 0 Å². The van der Waals surface area contributed by atoms with Crippen molar-refractivity contribution in [1.82, 2.24) is 0 Å². The van der Waals surface area contributed by atoms with E-state index in [0.29, 0.717) is 0 Å². The molecule has 0 saturated heterocycles. The molecule has 0 bridgehead atoms. The molecule has 4 rings (SSSR count). The van der Waals surface area contributed by atoms with Crippen LogP contribution in [0.3, 0.4) is 0 Å². The number of rotatable bonds is 5. The molecule has 0 heterocycles. The molecule has 0 N–H and O–H groups in total. The van der Waals surface area contributed by atoms with Gasteiger partial charge in [0.1, 0.15) is 5.41 Å². The molecule has 138 valence electrons. The summed E-state index contributed by atoms with van der Waals surface area (Å²) in [4.78, 5) is 23.6. The summed E-state index contributed by atoms with van der Waals surface area (Å²) in [5.41, 5.74) is 3.16. The van der Waals surface area contributed by atoms with Gasteiger partial charge in [-0.05, 0) is 40.0 Å². The summed E-state index contributed by atoms with van der Waals surface area (Å²) in [5.74, 6) is -0.370. The normalized spacial score (nSPS) is 17.9. The fraction of sp³-hybridized carbons (Fsp3) is 0.0870. The lowest BCUT2D eigenvalue weighted by atomic mass is 9.85. The molecule has 28 heavy (non-hydrogen) atoms. The average molecular weight is 371 g/mol. The van der Waals surface area contributed by atoms with Gasteiger partial charge in [-0.25, -0.2) is 0 Å². The Morgan fingerprint density at radius 2 is 1.32 bits per heavy atom. The van der Waals surface area contributed by atoms with E-state index in [2.05, 4.69) is 0 Å². The molecule has 0 aromatic heterocycles. The van der Waals surface area contributed by atoms with Crippen LogP contribution in [0.15, 0.2) is 84.9 Å². The molecule has 3 aromatic rings. The molecule has 0 aliphatic heterocycles. The largest absolute Gasteiger partial charge is 0.468 e. The van der Waals surface area contributed by atoms with Crippen molar-refractivity contribution in [3.8, 4) is 0 Å². The lowest BCUT2D eigenvalue weighted by Crippen LogP contribution is -2.27. The van der Waals surface area contributed by atoms with E-state index in [-0.39, 0.29) is 11.7 Å². The van der Waals surface area contributed by atoms with E-state index < -0.39 is 10.3 Å². The third-order valence-electron chi connectivity index (χ3n) is 5.07. The third kappa shape index (κ3) is 2.60. The number of carbonyl (C=O) groups excluding carboxylic acids is 1. The summed E-state index contributed by atoms with van der Waals surface area (Å²) in [6.07, 6.45) is 0. The SMILES string of the molecule is COC(=O)[C@@]1(c2ccccc2)C(c2ccccc2)=C1c1ccc([N+](=O)[O-])cc1. The second kappa shape index (κ2) is 6.78. The van der Waals surface area contributed by atoms with Gasteiger partial charge in [0.05, 0.1) is 12.0 Å². The molecule has 5 heteroatoms. The molecule has 1 aliphatic carbocycles. The number of methoxy groups -OCH3 is 1. The van der Waals surface area contributed by atoms with Gasteiger partial charge in [-0.15, -0.1) is 0 Å². The van der Waals surface area contributed by atoms with E-state index in [0.717, 1.165) is 27.8 Å². The second-order valence-corrected chi connectivity index (χ2v) is 6.53. The van der Waals surface area contributed by atoms with Crippen molar-refractivity contribution in [1.29, 1.82) is 0 Å². The fourth-order valence-electron chi connectivity index (χ4n) is 3.81. The van der Waals surface area contributed by atoms with Crippen molar-refractivity contribution in [3.05, 3.63) is 112 Å². The van der Waals surface area contributed by atoms with Crippen LogP contribution in [0.5, 0.6) is 0 Å². The Morgan fingerprint density at radius 3 is 1.82 bits per heavy atom. The van der Waals surface area contributed by atoms with Gasteiger partial charge in [0.25, 0.3) is 5.69 Å². The van der Waals surface area contributed by atoms with Crippen LogP contribution in [-0.2, 0) is 14.9 Å². The van der Waals surface area contributed by atoms with E-state index in [1.807, 2.05) is 60.7 Å². The lowest BCUT2D eigenvalue weighted by molar-refractivity contribution is -0.384. The number of non-ortho nitro benzene ring substituents is 1. The Morgan fingerprint density at radius 1 is 0.821 bits per heavy atom. The van der Waals surface area contributed by atoms with E-state index in [9.17, 15) is 14.9 Å². The lowest BCUT2D eigenvalue weighted by Gasteiger charge is -2.19. The zero-order valence-electron chi connectivity index (χ0n) is 15.2. The van der Waals surface area contributed by atoms with Gasteiger partial charge >= 0.3 is 5.97 Å². The molecule has 0 unspecified atom stereocenters. The van der Waals surface area contributed by atoms with Crippen LogP contribution in [0.2, 0.25) is 0 Å². The van der Waals surface area contributed by atoms with Crippen LogP contribution in [0, 0.1) is 10.1 Å². The Balaban J connectivity index is 1.93. The number of nitro groups is 1. The Hall–Kier alpha value is -3.73. The summed E-state index contributed by atoms with van der Waals surface area (Å²) in [5, 5.41) is 11.0. The van der Waals surface area contributed by atoms with Gasteiger partial charge in [0.2, 0.25) is 0 Å². The number of carbonyl (C=O) groups is 1. The topological polar surface area (TPSA) is 69.4 Å². The van der Waals surface area contributed by atoms with E-state index in [1.54, 1.807) is 12.1 Å². The van der Waals surface area contributed by atoms with Crippen LogP contribution in [0.25, 0.3) is 11.1 Å². The van der Waals surface area contributed by atoms with Crippen LogP contribution < -0.4 is 0 Å². The molecule has 3 aromatic carbocycles. The molecule has 0 spiro atoms. The Kier molecular flexibility index (Phi) is 4.28. The molecule has 1 atom stereocenters. The summed E-state index contributed by atoms with van der Waals surface area (Å²) < 4.78 is 5.21. The predicted molar refractivity (Wildman–Crippen MR) is 106 cm³/mol. The highest BCUT2D eigenvalue weighted by Crippen LogP contribution is 2.65. The maximum atomic E-state index is 13.1. The minimum Gasteiger partial charge on any atom is -0.468 e. The number of benzene rings is 3. The van der Waals surface area contributed by atoms with Gasteiger partial charge in [-0.1, -0.05) is 60.7 Å². The number of ether oxygens (including phenoxy) is 1. The Labute approximate surface area is 162 Å². The maximum absolute atomic E-state index is 13.1. The molecule has 0 radical (unpaired) electrons. The summed E-state index contributed by atoms with van der Waals surface area (Å²) in [6.45, 7) is 0. The van der Waals surface area contributed by atoms with Gasteiger partial charge in [0.15, 0.2) is 0 Å². The minimum absolute atomic E-state index is 0.00893. The zero-order chi connectivity index (χ0) is 19.7. The quantitative estimate of drug-likeness (QED) is 0.372. The Bertz CT molecular complexity index is 1070. The van der Waals surface area contributed by atoms with Crippen LogP contribution in [0.4, 0.5) is 5.69 Å². The van der Waals surface area contributed by atoms with Crippen LogP contribution in [0.1, 0.15) is 16.7 Å². The number of hydrogen-bond donors (Lipinski definition) is 0. The van der Waals surface area contributed by atoms with E-state index in [1.165, 1.54) is 19.2 Å². The highest BCUT2D eigenvalue weighted by molar-refractivity contribution is 6.32. The summed E-state index contributed by atoms with van der Waals surface area (Å²) >= 11 is 0. The van der Waals surface area contributed by atoms with Gasteiger partial charge in [-0.3, -0.25) is 14.9 Å². The first kappa shape index (κ1) is 17.7. The second-order valence-electron chi connectivity index (χ2n) is 6.53. The first-order chi connectivity index (χ1) is 13.6. The average Bonchev–Trinajstić information content (AvgIpc) is 3.45. The van der Waals surface area contributed by atoms with Crippen LogP contribution >= 0.6 is 0 Å². The van der Waals surface area contributed by atoms with Crippen LogP contribution in [-0.4, -0.2) is 18.0 Å². The van der Waals surface area contributed by atoms with Crippen molar-refractivity contribution >= 4 is 22.8 Å². The molecular formula is C23H17NO4. The highest BCUT2D eigenvalue weighted by Gasteiger charge is 2.62. The highest BCUT2D eigenvalue weighted by atomic mass is 16.6. The first-order valence-electron chi connectivity index (χ1n) is 8.80. The van der Waals surface area contributed by atoms with Gasteiger partial charge in [-0.2, -0.15) is 0 Å². The maximum Gasteiger partial charge on any atom is 0.325 e. The third-order valence-corrected chi connectivity index (χ3v) is 5.07. The van der Waals surface area contributed by atoms with Gasteiger partial charge < -0.3 is 4.74 Å². The monoisotopic (exact) mass is 371 g/mol. The number of hydrogen-bond acceptors (Lipinski definition) is 4. The summed E-state index contributed by atoms with van der Waals surface area (Å²) in [6, 6.07) is 25.4. The van der Waals surface area contributed by atoms with Crippen molar-refractivity contribution < 1.29 is 14.5 Å². The standard InChI is InChI=1S/C23H17NO4/c1-28-22(25)23(18-10-6-3-7-11-18)20(16-8-4-2-5-9-16)21(23)17-12-14-19(15-13-17)24(26)27/h2-15H,1H3/t23-/m0/s1.